The smallest absolute Gasteiger partial charge is 0.109 e. The summed E-state index contributed by atoms with van der Waals surface area (Å²) in [6, 6.07) is 0. The van der Waals surface area contributed by atoms with E-state index in [1.165, 1.54) is 0 Å². The predicted octanol–water partition coefficient (Wildman–Crippen LogP) is 4.02. The molecular weight excluding hydrogens is 244 g/mol. The lowest BCUT2D eigenvalue weighted by atomic mass is 9.90. The lowest BCUT2D eigenvalue weighted by Gasteiger charge is -2.31. The fourth-order valence-corrected chi connectivity index (χ4v) is 2.01. The van der Waals surface area contributed by atoms with Gasteiger partial charge in [0.25, 0.3) is 0 Å². The Bertz CT molecular complexity index is 200. The van der Waals surface area contributed by atoms with Gasteiger partial charge in [0, 0.05) is 6.42 Å². The average molecular weight is 276 g/mol. The van der Waals surface area contributed by atoms with Crippen LogP contribution in [0.1, 0.15) is 73.1 Å². The van der Waals surface area contributed by atoms with Crippen molar-refractivity contribution in [1.29, 1.82) is 0 Å². The van der Waals surface area contributed by atoms with E-state index in [1.54, 1.807) is 0 Å². The van der Waals surface area contributed by atoms with Crippen molar-refractivity contribution < 1.29 is 19.9 Å². The van der Waals surface area contributed by atoms with Crippen LogP contribution in [0.15, 0.2) is 0 Å². The van der Waals surface area contributed by atoms with Crippen molar-refractivity contribution in [2.24, 2.45) is 5.92 Å². The lowest BCUT2D eigenvalue weighted by molar-refractivity contribution is -0.548. The van der Waals surface area contributed by atoms with Crippen molar-refractivity contribution in [2.45, 2.75) is 84.8 Å². The minimum Gasteiger partial charge on any atom is -0.393 e. The topological polar surface area (TPSA) is 47.9 Å². The second-order valence-electron chi connectivity index (χ2n) is 5.27. The number of aliphatic hydroxyl groups excluding tert-OH is 1. The molecule has 0 amide bonds. The van der Waals surface area contributed by atoms with Crippen molar-refractivity contribution >= 4 is 0 Å². The molecule has 19 heavy (non-hydrogen) atoms. The van der Waals surface area contributed by atoms with Gasteiger partial charge in [-0.05, 0) is 25.2 Å². The van der Waals surface area contributed by atoms with E-state index in [4.69, 9.17) is 14.8 Å². The molecule has 0 spiro atoms. The molecular formula is C15H32O4. The lowest BCUT2D eigenvalue weighted by Crippen LogP contribution is -2.35. The summed E-state index contributed by atoms with van der Waals surface area (Å²) in [5.74, 6) is 0.502. The minimum atomic E-state index is -0.455. The molecule has 1 atom stereocenters. The van der Waals surface area contributed by atoms with E-state index in [2.05, 4.69) is 13.8 Å². The Morgan fingerprint density at radius 3 is 1.95 bits per heavy atom. The van der Waals surface area contributed by atoms with E-state index in [1.807, 2.05) is 20.8 Å². The first-order valence-electron chi connectivity index (χ1n) is 7.72. The minimum absolute atomic E-state index is 0.359. The van der Waals surface area contributed by atoms with Crippen LogP contribution in [-0.4, -0.2) is 23.4 Å². The van der Waals surface area contributed by atoms with E-state index < -0.39 is 5.60 Å². The number of rotatable bonds is 12. The molecule has 0 aliphatic rings. The second-order valence-corrected chi connectivity index (χ2v) is 5.27. The van der Waals surface area contributed by atoms with Gasteiger partial charge in [-0.1, -0.05) is 52.5 Å². The van der Waals surface area contributed by atoms with Crippen LogP contribution in [-0.2, 0) is 14.8 Å². The predicted molar refractivity (Wildman–Crippen MR) is 76.4 cm³/mol. The normalized spacial score (nSPS) is 14.1. The Balaban J connectivity index is 4.13. The highest BCUT2D eigenvalue weighted by Crippen LogP contribution is 2.28. The fraction of sp³-hybridized carbons (Fsp3) is 1.00. The van der Waals surface area contributed by atoms with Gasteiger partial charge in [-0.25, -0.2) is 4.89 Å². The van der Waals surface area contributed by atoms with Gasteiger partial charge in [0.15, 0.2) is 0 Å². The van der Waals surface area contributed by atoms with Gasteiger partial charge in [-0.3, -0.25) is 0 Å². The highest BCUT2D eigenvalue weighted by Gasteiger charge is 2.31. The summed E-state index contributed by atoms with van der Waals surface area (Å²) in [6.45, 7) is 10.9. The fourth-order valence-electron chi connectivity index (χ4n) is 2.01. The Morgan fingerprint density at radius 2 is 1.53 bits per heavy atom. The van der Waals surface area contributed by atoms with E-state index in [-0.39, 0.29) is 6.10 Å². The molecule has 4 heteroatoms. The van der Waals surface area contributed by atoms with E-state index in [9.17, 15) is 5.11 Å². The van der Waals surface area contributed by atoms with Crippen LogP contribution < -0.4 is 0 Å². The van der Waals surface area contributed by atoms with Crippen molar-refractivity contribution in [3.05, 3.63) is 0 Å². The summed E-state index contributed by atoms with van der Waals surface area (Å²) in [5, 5.41) is 14.7. The van der Waals surface area contributed by atoms with Gasteiger partial charge >= 0.3 is 0 Å². The van der Waals surface area contributed by atoms with E-state index in [0.717, 1.165) is 32.1 Å². The standard InChI is InChI=1S/C15H32O4/c1-6-13(7-2)12-17-19-18-15(9-4,10-5)11-14(16)8-3/h13-14,16H,6-12H2,1-5H3. The summed E-state index contributed by atoms with van der Waals surface area (Å²) >= 11 is 0. The molecule has 116 valence electrons. The first-order valence-corrected chi connectivity index (χ1v) is 7.72. The van der Waals surface area contributed by atoms with Crippen molar-refractivity contribution in [1.82, 2.24) is 0 Å². The molecule has 0 aromatic heterocycles. The first-order chi connectivity index (χ1) is 9.07. The maximum atomic E-state index is 9.80. The Hall–Kier alpha value is -0.160. The van der Waals surface area contributed by atoms with Gasteiger partial charge in [-0.2, -0.15) is 4.89 Å². The molecule has 0 rings (SSSR count). The van der Waals surface area contributed by atoms with Gasteiger partial charge < -0.3 is 5.11 Å². The Morgan fingerprint density at radius 1 is 0.947 bits per heavy atom. The molecule has 0 radical (unpaired) electrons. The maximum absolute atomic E-state index is 9.80. The zero-order valence-electron chi connectivity index (χ0n) is 13.3. The van der Waals surface area contributed by atoms with Gasteiger partial charge in [-0.15, -0.1) is 0 Å². The molecule has 0 bridgehead atoms. The van der Waals surface area contributed by atoms with Gasteiger partial charge in [0.2, 0.25) is 0 Å². The highest BCUT2D eigenvalue weighted by molar-refractivity contribution is 4.79. The van der Waals surface area contributed by atoms with Gasteiger partial charge in [0.05, 0.1) is 12.7 Å². The monoisotopic (exact) mass is 276 g/mol. The van der Waals surface area contributed by atoms with Crippen LogP contribution in [0.4, 0.5) is 0 Å². The zero-order valence-corrected chi connectivity index (χ0v) is 13.3. The molecule has 1 unspecified atom stereocenters. The van der Waals surface area contributed by atoms with Crippen molar-refractivity contribution in [2.75, 3.05) is 6.61 Å². The quantitative estimate of drug-likeness (QED) is 0.332. The third-order valence-corrected chi connectivity index (χ3v) is 4.08. The van der Waals surface area contributed by atoms with Crippen LogP contribution in [0.5, 0.6) is 0 Å². The summed E-state index contributed by atoms with van der Waals surface area (Å²) in [5.41, 5.74) is -0.455. The summed E-state index contributed by atoms with van der Waals surface area (Å²) in [7, 11) is 0. The number of hydrogen-bond acceptors (Lipinski definition) is 4. The molecule has 0 saturated carbocycles. The third kappa shape index (κ3) is 7.25. The molecule has 0 saturated heterocycles. The van der Waals surface area contributed by atoms with Crippen LogP contribution in [0.25, 0.3) is 0 Å². The summed E-state index contributed by atoms with van der Waals surface area (Å²) in [4.78, 5) is 10.6. The molecule has 4 nitrogen and oxygen atoms in total. The van der Waals surface area contributed by atoms with Gasteiger partial charge in [0.1, 0.15) is 5.60 Å². The first kappa shape index (κ1) is 18.8. The van der Waals surface area contributed by atoms with Crippen molar-refractivity contribution in [3.8, 4) is 0 Å². The second kappa shape index (κ2) is 10.6. The number of hydrogen-bond donors (Lipinski definition) is 1. The Kier molecular flexibility index (Phi) is 10.5. The summed E-state index contributed by atoms with van der Waals surface area (Å²) < 4.78 is 0. The SMILES string of the molecule is CCC(O)CC(CC)(CC)OOOCC(CC)CC. The molecule has 0 aromatic rings. The third-order valence-electron chi connectivity index (χ3n) is 4.08. The largest absolute Gasteiger partial charge is 0.393 e. The zero-order chi connectivity index (χ0) is 14.7. The molecule has 1 N–H and O–H groups in total. The average Bonchev–Trinajstić information content (AvgIpc) is 2.46. The number of aliphatic hydroxyl groups is 1. The van der Waals surface area contributed by atoms with E-state index >= 15 is 0 Å². The molecule has 0 aliphatic heterocycles. The molecule has 0 heterocycles. The van der Waals surface area contributed by atoms with Crippen LogP contribution >= 0.6 is 0 Å². The highest BCUT2D eigenvalue weighted by atomic mass is 17.5. The van der Waals surface area contributed by atoms with E-state index in [0.29, 0.717) is 18.9 Å². The van der Waals surface area contributed by atoms with Crippen LogP contribution in [0, 0.1) is 5.92 Å². The maximum Gasteiger partial charge on any atom is 0.109 e. The molecule has 0 aromatic carbocycles. The summed E-state index contributed by atoms with van der Waals surface area (Å²) in [6.07, 6.45) is 4.65. The Labute approximate surface area is 118 Å². The van der Waals surface area contributed by atoms with Crippen molar-refractivity contribution in [3.63, 3.8) is 0 Å². The van der Waals surface area contributed by atoms with Crippen LogP contribution in [0.2, 0.25) is 0 Å². The molecule has 0 fully saturated rings. The molecule has 0 aliphatic carbocycles. The van der Waals surface area contributed by atoms with Crippen LogP contribution in [0.3, 0.4) is 0 Å².